The Morgan fingerprint density at radius 1 is 1.37 bits per heavy atom. The Morgan fingerprint density at radius 2 is 2.21 bits per heavy atom. The number of likely N-dealkylation sites (tertiary alicyclic amines) is 1. The van der Waals surface area contributed by atoms with Crippen LogP contribution in [-0.2, 0) is 6.42 Å². The van der Waals surface area contributed by atoms with Crippen LogP contribution in [-0.4, -0.2) is 36.6 Å². The second kappa shape index (κ2) is 5.59. The van der Waals surface area contributed by atoms with Crippen LogP contribution in [0.5, 0.6) is 0 Å². The zero-order chi connectivity index (χ0) is 13.2. The summed E-state index contributed by atoms with van der Waals surface area (Å²) in [6.07, 6.45) is 3.45. The standard InChI is InChI=1S/C16H23FN2/c1-12(9-13-5-2-3-7-15(13)17)19-8-4-6-14-10-18-11-16(14)19/h2-3,5,7,12,14,16,18H,4,6,8-11H2,1H3. The van der Waals surface area contributed by atoms with Gasteiger partial charge in [-0.1, -0.05) is 18.2 Å². The molecule has 2 saturated heterocycles. The average molecular weight is 262 g/mol. The Labute approximate surface area is 115 Å². The van der Waals surface area contributed by atoms with Crippen LogP contribution in [0.15, 0.2) is 24.3 Å². The highest BCUT2D eigenvalue weighted by Crippen LogP contribution is 2.29. The molecule has 19 heavy (non-hydrogen) atoms. The lowest BCUT2D eigenvalue weighted by atomic mass is 9.90. The Hall–Kier alpha value is -0.930. The van der Waals surface area contributed by atoms with E-state index in [9.17, 15) is 4.39 Å². The van der Waals surface area contributed by atoms with Crippen molar-refractivity contribution >= 4 is 0 Å². The van der Waals surface area contributed by atoms with Crippen LogP contribution in [0.2, 0.25) is 0 Å². The molecule has 2 fully saturated rings. The van der Waals surface area contributed by atoms with Crippen molar-refractivity contribution in [2.45, 2.75) is 38.3 Å². The third kappa shape index (κ3) is 2.67. The Bertz CT molecular complexity index is 435. The summed E-state index contributed by atoms with van der Waals surface area (Å²) in [4.78, 5) is 2.60. The van der Waals surface area contributed by atoms with Crippen molar-refractivity contribution in [1.82, 2.24) is 10.2 Å². The van der Waals surface area contributed by atoms with E-state index in [4.69, 9.17) is 0 Å². The van der Waals surface area contributed by atoms with E-state index < -0.39 is 0 Å². The van der Waals surface area contributed by atoms with Gasteiger partial charge in [-0.15, -0.1) is 0 Å². The Balaban J connectivity index is 1.69. The topological polar surface area (TPSA) is 15.3 Å². The fourth-order valence-electron chi connectivity index (χ4n) is 3.75. The van der Waals surface area contributed by atoms with Gasteiger partial charge in [-0.05, 0) is 56.8 Å². The average Bonchev–Trinajstić information content (AvgIpc) is 2.89. The SMILES string of the molecule is CC(Cc1ccccc1F)N1CCCC2CNCC21. The quantitative estimate of drug-likeness (QED) is 0.900. The van der Waals surface area contributed by atoms with Gasteiger partial charge in [0, 0.05) is 18.6 Å². The molecule has 3 heteroatoms. The summed E-state index contributed by atoms with van der Waals surface area (Å²) in [7, 11) is 0. The summed E-state index contributed by atoms with van der Waals surface area (Å²) in [5.74, 6) is 0.740. The molecule has 2 aliphatic heterocycles. The molecular formula is C16H23FN2. The fourth-order valence-corrected chi connectivity index (χ4v) is 3.75. The minimum absolute atomic E-state index is 0.0625. The summed E-state index contributed by atoms with van der Waals surface area (Å²) in [5, 5.41) is 3.51. The molecular weight excluding hydrogens is 239 g/mol. The molecule has 104 valence electrons. The van der Waals surface area contributed by atoms with Gasteiger partial charge in [-0.3, -0.25) is 4.90 Å². The minimum atomic E-state index is -0.0625. The molecule has 1 N–H and O–H groups in total. The van der Waals surface area contributed by atoms with Gasteiger partial charge in [0.1, 0.15) is 5.82 Å². The fraction of sp³-hybridized carbons (Fsp3) is 0.625. The lowest BCUT2D eigenvalue weighted by molar-refractivity contribution is 0.0845. The molecule has 3 rings (SSSR count). The summed E-state index contributed by atoms with van der Waals surface area (Å²) >= 11 is 0. The van der Waals surface area contributed by atoms with E-state index in [-0.39, 0.29) is 5.82 Å². The summed E-state index contributed by atoms with van der Waals surface area (Å²) < 4.78 is 13.8. The minimum Gasteiger partial charge on any atom is -0.315 e. The van der Waals surface area contributed by atoms with Crippen molar-refractivity contribution in [1.29, 1.82) is 0 Å². The zero-order valence-corrected chi connectivity index (χ0v) is 11.6. The predicted molar refractivity (Wildman–Crippen MR) is 75.7 cm³/mol. The first-order valence-corrected chi connectivity index (χ1v) is 7.45. The molecule has 3 atom stereocenters. The molecule has 1 aromatic rings. The van der Waals surface area contributed by atoms with Crippen molar-refractivity contribution in [3.8, 4) is 0 Å². The first-order valence-electron chi connectivity index (χ1n) is 7.45. The number of hydrogen-bond donors (Lipinski definition) is 1. The van der Waals surface area contributed by atoms with Crippen molar-refractivity contribution < 1.29 is 4.39 Å². The Kier molecular flexibility index (Phi) is 3.85. The molecule has 0 aliphatic carbocycles. The van der Waals surface area contributed by atoms with E-state index >= 15 is 0 Å². The lowest BCUT2D eigenvalue weighted by Crippen LogP contribution is -2.50. The van der Waals surface area contributed by atoms with Gasteiger partial charge in [0.25, 0.3) is 0 Å². The number of hydrogen-bond acceptors (Lipinski definition) is 2. The molecule has 0 amide bonds. The third-order valence-electron chi connectivity index (χ3n) is 4.76. The van der Waals surface area contributed by atoms with Gasteiger partial charge in [0.2, 0.25) is 0 Å². The van der Waals surface area contributed by atoms with Crippen molar-refractivity contribution in [3.05, 3.63) is 35.6 Å². The van der Waals surface area contributed by atoms with Gasteiger partial charge >= 0.3 is 0 Å². The van der Waals surface area contributed by atoms with E-state index in [0.29, 0.717) is 12.1 Å². The second-order valence-corrected chi connectivity index (χ2v) is 6.01. The number of fused-ring (bicyclic) bond motifs is 1. The molecule has 0 aromatic heterocycles. The summed E-state index contributed by atoms with van der Waals surface area (Å²) in [6.45, 7) is 5.67. The van der Waals surface area contributed by atoms with Crippen LogP contribution in [0.4, 0.5) is 4.39 Å². The highest BCUT2D eigenvalue weighted by Gasteiger charge is 2.36. The van der Waals surface area contributed by atoms with E-state index in [1.165, 1.54) is 19.4 Å². The smallest absolute Gasteiger partial charge is 0.126 e. The summed E-state index contributed by atoms with van der Waals surface area (Å²) in [5.41, 5.74) is 0.850. The van der Waals surface area contributed by atoms with Crippen LogP contribution < -0.4 is 5.32 Å². The number of rotatable bonds is 3. The summed E-state index contributed by atoms with van der Waals surface area (Å²) in [6, 6.07) is 8.26. The number of nitrogens with zero attached hydrogens (tertiary/aromatic N) is 1. The number of nitrogens with one attached hydrogen (secondary N) is 1. The highest BCUT2D eigenvalue weighted by atomic mass is 19.1. The zero-order valence-electron chi connectivity index (χ0n) is 11.6. The first-order chi connectivity index (χ1) is 9.25. The highest BCUT2D eigenvalue weighted by molar-refractivity contribution is 5.18. The normalized spacial score (nSPS) is 29.2. The largest absolute Gasteiger partial charge is 0.315 e. The molecule has 2 heterocycles. The molecule has 0 spiro atoms. The van der Waals surface area contributed by atoms with E-state index in [2.05, 4.69) is 17.1 Å². The second-order valence-electron chi connectivity index (χ2n) is 6.01. The van der Waals surface area contributed by atoms with Gasteiger partial charge in [0.15, 0.2) is 0 Å². The van der Waals surface area contributed by atoms with Gasteiger partial charge in [-0.2, -0.15) is 0 Å². The van der Waals surface area contributed by atoms with E-state index in [0.717, 1.165) is 31.0 Å². The van der Waals surface area contributed by atoms with Crippen molar-refractivity contribution in [3.63, 3.8) is 0 Å². The maximum atomic E-state index is 13.8. The third-order valence-corrected chi connectivity index (χ3v) is 4.76. The van der Waals surface area contributed by atoms with Crippen molar-refractivity contribution in [2.24, 2.45) is 5.92 Å². The van der Waals surface area contributed by atoms with E-state index in [1.807, 2.05) is 12.1 Å². The molecule has 1 aromatic carbocycles. The number of benzene rings is 1. The maximum Gasteiger partial charge on any atom is 0.126 e. The lowest BCUT2D eigenvalue weighted by Gasteiger charge is -2.41. The van der Waals surface area contributed by atoms with Crippen LogP contribution in [0.1, 0.15) is 25.3 Å². The van der Waals surface area contributed by atoms with Gasteiger partial charge < -0.3 is 5.32 Å². The van der Waals surface area contributed by atoms with Gasteiger partial charge in [0.05, 0.1) is 0 Å². The Morgan fingerprint density at radius 3 is 3.05 bits per heavy atom. The van der Waals surface area contributed by atoms with Crippen molar-refractivity contribution in [2.75, 3.05) is 19.6 Å². The number of piperidine rings is 1. The number of halogens is 1. The first kappa shape index (κ1) is 13.1. The molecule has 2 aliphatic rings. The monoisotopic (exact) mass is 262 g/mol. The van der Waals surface area contributed by atoms with Crippen LogP contribution in [0.3, 0.4) is 0 Å². The van der Waals surface area contributed by atoms with Gasteiger partial charge in [-0.25, -0.2) is 4.39 Å². The molecule has 0 bridgehead atoms. The molecule has 0 radical (unpaired) electrons. The molecule has 3 unspecified atom stereocenters. The van der Waals surface area contributed by atoms with Crippen LogP contribution in [0.25, 0.3) is 0 Å². The molecule has 0 saturated carbocycles. The van der Waals surface area contributed by atoms with E-state index in [1.54, 1.807) is 12.1 Å². The predicted octanol–water partition coefficient (Wildman–Crippen LogP) is 2.44. The van der Waals surface area contributed by atoms with Crippen LogP contribution in [0, 0.1) is 11.7 Å². The maximum absolute atomic E-state index is 13.8. The molecule has 2 nitrogen and oxygen atoms in total. The van der Waals surface area contributed by atoms with Crippen LogP contribution >= 0.6 is 0 Å².